The van der Waals surface area contributed by atoms with E-state index in [0.717, 1.165) is 23.4 Å². The zero-order valence-corrected chi connectivity index (χ0v) is 16.0. The Morgan fingerprint density at radius 2 is 2.00 bits per heavy atom. The maximum atomic E-state index is 13.0. The van der Waals surface area contributed by atoms with Crippen LogP contribution in [0.2, 0.25) is 0 Å². The van der Waals surface area contributed by atoms with Gasteiger partial charge < -0.3 is 9.47 Å². The summed E-state index contributed by atoms with van der Waals surface area (Å²) in [7, 11) is 3.22. The number of ether oxygens (including phenoxy) is 2. The third-order valence-electron chi connectivity index (χ3n) is 4.10. The molecule has 2 aromatic rings. The molecule has 0 atom stereocenters. The van der Waals surface area contributed by atoms with Crippen LogP contribution >= 0.6 is 11.8 Å². The van der Waals surface area contributed by atoms with Crippen molar-refractivity contribution in [2.45, 2.75) is 13.3 Å². The van der Waals surface area contributed by atoms with E-state index in [2.05, 4.69) is 0 Å². The lowest BCUT2D eigenvalue weighted by Gasteiger charge is -2.28. The van der Waals surface area contributed by atoms with Crippen molar-refractivity contribution in [2.24, 2.45) is 4.99 Å². The summed E-state index contributed by atoms with van der Waals surface area (Å²) in [4.78, 5) is 19.5. The summed E-state index contributed by atoms with van der Waals surface area (Å²) >= 11 is 1.59. The first-order valence-electron chi connectivity index (χ1n) is 8.44. The van der Waals surface area contributed by atoms with Gasteiger partial charge in [-0.2, -0.15) is 0 Å². The van der Waals surface area contributed by atoms with Crippen LogP contribution in [0.1, 0.15) is 22.3 Å². The molecule has 26 heavy (non-hydrogen) atoms. The van der Waals surface area contributed by atoms with Crippen molar-refractivity contribution < 1.29 is 14.3 Å². The predicted molar refractivity (Wildman–Crippen MR) is 106 cm³/mol. The van der Waals surface area contributed by atoms with E-state index < -0.39 is 0 Å². The Bertz CT molecular complexity index is 836. The number of benzene rings is 2. The summed E-state index contributed by atoms with van der Waals surface area (Å²) in [6, 6.07) is 13.1. The number of aliphatic imine (C=N–C) groups is 1. The van der Waals surface area contributed by atoms with Crippen LogP contribution in [0.5, 0.6) is 11.5 Å². The molecule has 0 unspecified atom stereocenters. The molecule has 6 heteroatoms. The molecule has 136 valence electrons. The van der Waals surface area contributed by atoms with Crippen molar-refractivity contribution in [3.8, 4) is 11.5 Å². The lowest BCUT2D eigenvalue weighted by Crippen LogP contribution is -2.39. The minimum atomic E-state index is -0.0681. The van der Waals surface area contributed by atoms with Crippen molar-refractivity contribution in [1.29, 1.82) is 0 Å². The standard InChI is InChI=1S/C20H22N2O3S/c1-14-8-9-18(25-3)17(12-14)21-20-22(10-5-11-26-20)19(23)15-6-4-7-16(13-15)24-2/h4,6-9,12-13H,5,10-11H2,1-3H3. The topological polar surface area (TPSA) is 51.1 Å². The second kappa shape index (κ2) is 8.27. The molecular weight excluding hydrogens is 348 g/mol. The zero-order chi connectivity index (χ0) is 18.5. The van der Waals surface area contributed by atoms with E-state index in [1.807, 2.05) is 37.3 Å². The number of carbonyl (C=O) groups is 1. The van der Waals surface area contributed by atoms with Crippen LogP contribution in [-0.4, -0.2) is 42.5 Å². The van der Waals surface area contributed by atoms with Gasteiger partial charge >= 0.3 is 0 Å². The van der Waals surface area contributed by atoms with Gasteiger partial charge in [-0.3, -0.25) is 9.69 Å². The van der Waals surface area contributed by atoms with Crippen LogP contribution in [0.15, 0.2) is 47.5 Å². The summed E-state index contributed by atoms with van der Waals surface area (Å²) in [6.45, 7) is 2.66. The normalized spacial score (nSPS) is 15.8. The molecule has 0 spiro atoms. The Morgan fingerprint density at radius 3 is 2.77 bits per heavy atom. The summed E-state index contributed by atoms with van der Waals surface area (Å²) in [6.07, 6.45) is 0.935. The molecule has 0 radical (unpaired) electrons. The Morgan fingerprint density at radius 1 is 1.15 bits per heavy atom. The average molecular weight is 370 g/mol. The van der Waals surface area contributed by atoms with E-state index >= 15 is 0 Å². The average Bonchev–Trinajstić information content (AvgIpc) is 2.68. The lowest BCUT2D eigenvalue weighted by atomic mass is 10.2. The van der Waals surface area contributed by atoms with Gasteiger partial charge in [0.25, 0.3) is 5.91 Å². The first-order valence-corrected chi connectivity index (χ1v) is 9.43. The molecule has 0 aromatic heterocycles. The van der Waals surface area contributed by atoms with Gasteiger partial charge in [0.15, 0.2) is 5.17 Å². The highest BCUT2D eigenvalue weighted by molar-refractivity contribution is 8.13. The molecule has 1 amide bonds. The molecular formula is C20H22N2O3S. The van der Waals surface area contributed by atoms with Gasteiger partial charge in [-0.15, -0.1) is 0 Å². The molecule has 0 aliphatic carbocycles. The maximum Gasteiger partial charge on any atom is 0.259 e. The lowest BCUT2D eigenvalue weighted by molar-refractivity contribution is 0.0849. The second-order valence-electron chi connectivity index (χ2n) is 5.96. The van der Waals surface area contributed by atoms with Gasteiger partial charge in [0.1, 0.15) is 17.2 Å². The van der Waals surface area contributed by atoms with E-state index in [4.69, 9.17) is 14.5 Å². The minimum absolute atomic E-state index is 0.0681. The van der Waals surface area contributed by atoms with E-state index in [1.165, 1.54) is 0 Å². The Kier molecular flexibility index (Phi) is 5.83. The van der Waals surface area contributed by atoms with Gasteiger partial charge in [0.05, 0.1) is 14.2 Å². The van der Waals surface area contributed by atoms with Gasteiger partial charge in [-0.25, -0.2) is 4.99 Å². The molecule has 1 aliphatic heterocycles. The van der Waals surface area contributed by atoms with Crippen molar-refractivity contribution in [1.82, 2.24) is 4.90 Å². The molecule has 0 saturated carbocycles. The molecule has 5 nitrogen and oxygen atoms in total. The maximum absolute atomic E-state index is 13.0. The number of aryl methyl sites for hydroxylation is 1. The Labute approximate surface area is 158 Å². The number of methoxy groups -OCH3 is 2. The highest BCUT2D eigenvalue weighted by Gasteiger charge is 2.25. The monoisotopic (exact) mass is 370 g/mol. The number of hydrogen-bond acceptors (Lipinski definition) is 5. The molecule has 0 N–H and O–H groups in total. The molecule has 1 heterocycles. The second-order valence-corrected chi connectivity index (χ2v) is 7.02. The fourth-order valence-electron chi connectivity index (χ4n) is 2.74. The summed E-state index contributed by atoms with van der Waals surface area (Å²) in [5, 5.41) is 0.702. The first-order chi connectivity index (χ1) is 12.6. The molecule has 0 bridgehead atoms. The van der Waals surface area contributed by atoms with Crippen molar-refractivity contribution >= 4 is 28.5 Å². The van der Waals surface area contributed by atoms with E-state index in [0.29, 0.717) is 28.8 Å². The number of amides is 1. The van der Waals surface area contributed by atoms with Crippen molar-refractivity contribution in [3.05, 3.63) is 53.6 Å². The minimum Gasteiger partial charge on any atom is -0.497 e. The van der Waals surface area contributed by atoms with E-state index in [9.17, 15) is 4.79 Å². The van der Waals surface area contributed by atoms with Crippen LogP contribution in [0.25, 0.3) is 0 Å². The van der Waals surface area contributed by atoms with Crippen LogP contribution in [0.3, 0.4) is 0 Å². The van der Waals surface area contributed by atoms with E-state index in [1.54, 1.807) is 43.0 Å². The number of nitrogens with zero attached hydrogens (tertiary/aromatic N) is 2. The predicted octanol–water partition coefficient (Wildman–Crippen LogP) is 4.28. The molecule has 1 aliphatic rings. The van der Waals surface area contributed by atoms with Crippen LogP contribution in [0.4, 0.5) is 5.69 Å². The van der Waals surface area contributed by atoms with Crippen LogP contribution < -0.4 is 9.47 Å². The van der Waals surface area contributed by atoms with Gasteiger partial charge in [0, 0.05) is 17.9 Å². The first kappa shape index (κ1) is 18.3. The third kappa shape index (κ3) is 4.02. The number of carbonyl (C=O) groups excluding carboxylic acids is 1. The Balaban J connectivity index is 1.95. The highest BCUT2D eigenvalue weighted by atomic mass is 32.2. The smallest absolute Gasteiger partial charge is 0.259 e. The highest BCUT2D eigenvalue weighted by Crippen LogP contribution is 2.31. The third-order valence-corrected chi connectivity index (χ3v) is 5.16. The molecule has 1 fully saturated rings. The summed E-state index contributed by atoms with van der Waals surface area (Å²) < 4.78 is 10.7. The molecule has 3 rings (SSSR count). The summed E-state index contributed by atoms with van der Waals surface area (Å²) in [5.74, 6) is 2.23. The zero-order valence-electron chi connectivity index (χ0n) is 15.2. The number of hydrogen-bond donors (Lipinski definition) is 0. The molecule has 1 saturated heterocycles. The fourth-order valence-corrected chi connectivity index (χ4v) is 3.69. The number of rotatable bonds is 4. The van der Waals surface area contributed by atoms with Crippen molar-refractivity contribution in [3.63, 3.8) is 0 Å². The van der Waals surface area contributed by atoms with Crippen molar-refractivity contribution in [2.75, 3.05) is 26.5 Å². The van der Waals surface area contributed by atoms with Gasteiger partial charge in [-0.1, -0.05) is 23.9 Å². The quantitative estimate of drug-likeness (QED) is 0.806. The number of amidine groups is 1. The van der Waals surface area contributed by atoms with Gasteiger partial charge in [-0.05, 0) is 49.2 Å². The van der Waals surface area contributed by atoms with Gasteiger partial charge in [0.2, 0.25) is 0 Å². The summed E-state index contributed by atoms with van der Waals surface area (Å²) in [5.41, 5.74) is 2.42. The SMILES string of the molecule is COc1cccc(C(=O)N2CCCSC2=Nc2cc(C)ccc2OC)c1. The molecule has 2 aromatic carbocycles. The number of thioether (sulfide) groups is 1. The Hall–Kier alpha value is -2.47. The fraction of sp³-hybridized carbons (Fsp3) is 0.300. The van der Waals surface area contributed by atoms with Crippen LogP contribution in [0, 0.1) is 6.92 Å². The van der Waals surface area contributed by atoms with E-state index in [-0.39, 0.29) is 5.91 Å². The largest absolute Gasteiger partial charge is 0.497 e. The van der Waals surface area contributed by atoms with Crippen LogP contribution in [-0.2, 0) is 0 Å².